The number of benzene rings is 1. The van der Waals surface area contributed by atoms with Gasteiger partial charge in [-0.25, -0.2) is 0 Å². The Bertz CT molecular complexity index is 425. The number of methoxy groups -OCH3 is 1. The molecule has 0 aliphatic heterocycles. The molecule has 20 heavy (non-hydrogen) atoms. The minimum absolute atomic E-state index is 0.0208. The van der Waals surface area contributed by atoms with Crippen molar-refractivity contribution in [3.05, 3.63) is 33.9 Å². The quantitative estimate of drug-likeness (QED) is 0.379. The maximum absolute atomic E-state index is 10.8. The highest BCUT2D eigenvalue weighted by atomic mass is 16.6. The minimum atomic E-state index is -0.436. The Kier molecular flexibility index (Phi) is 7.56. The Balaban J connectivity index is 2.39. The second kappa shape index (κ2) is 9.24. The molecule has 1 aromatic carbocycles. The second-order valence-electron chi connectivity index (χ2n) is 4.16. The van der Waals surface area contributed by atoms with Crippen LogP contribution in [0.4, 0.5) is 5.69 Å². The Morgan fingerprint density at radius 1 is 1.35 bits per heavy atom. The molecule has 0 unspecified atom stereocenters. The molecule has 112 valence electrons. The zero-order valence-electron chi connectivity index (χ0n) is 11.5. The van der Waals surface area contributed by atoms with E-state index in [2.05, 4.69) is 5.32 Å². The van der Waals surface area contributed by atoms with Gasteiger partial charge < -0.3 is 19.9 Å². The Morgan fingerprint density at radius 2 is 2.15 bits per heavy atom. The summed E-state index contributed by atoms with van der Waals surface area (Å²) in [6, 6.07) is 4.69. The van der Waals surface area contributed by atoms with Gasteiger partial charge in [0, 0.05) is 19.2 Å². The van der Waals surface area contributed by atoms with Crippen LogP contribution < -0.4 is 10.1 Å². The number of hydrogen-bond acceptors (Lipinski definition) is 6. The largest absolute Gasteiger partial charge is 0.496 e. The number of nitrogens with zero attached hydrogens (tertiary/aromatic N) is 1. The van der Waals surface area contributed by atoms with E-state index in [1.54, 1.807) is 6.07 Å². The average Bonchev–Trinajstić information content (AvgIpc) is 2.46. The third-order valence-electron chi connectivity index (χ3n) is 2.60. The SMILES string of the molecule is COc1cc(CNCCCOCCO)cc([N+](=O)[O-])c1. The highest BCUT2D eigenvalue weighted by Gasteiger charge is 2.09. The van der Waals surface area contributed by atoms with E-state index in [0.29, 0.717) is 25.5 Å². The van der Waals surface area contributed by atoms with Crippen LogP contribution in [0, 0.1) is 10.1 Å². The van der Waals surface area contributed by atoms with E-state index in [1.165, 1.54) is 19.2 Å². The lowest BCUT2D eigenvalue weighted by molar-refractivity contribution is -0.385. The third kappa shape index (κ3) is 5.96. The Hall–Kier alpha value is -1.70. The van der Waals surface area contributed by atoms with Crippen molar-refractivity contribution < 1.29 is 19.5 Å². The van der Waals surface area contributed by atoms with Crippen molar-refractivity contribution in [1.82, 2.24) is 5.32 Å². The highest BCUT2D eigenvalue weighted by molar-refractivity contribution is 5.42. The van der Waals surface area contributed by atoms with E-state index in [1.807, 2.05) is 0 Å². The number of nitro groups is 1. The summed E-state index contributed by atoms with van der Waals surface area (Å²) in [6.07, 6.45) is 0.812. The van der Waals surface area contributed by atoms with Gasteiger partial charge >= 0.3 is 0 Å². The number of ether oxygens (including phenoxy) is 2. The van der Waals surface area contributed by atoms with Crippen LogP contribution in [0.25, 0.3) is 0 Å². The Labute approximate surface area is 117 Å². The van der Waals surface area contributed by atoms with Gasteiger partial charge in [-0.3, -0.25) is 10.1 Å². The summed E-state index contributed by atoms with van der Waals surface area (Å²) in [6.45, 7) is 2.21. The van der Waals surface area contributed by atoms with Gasteiger partial charge in [0.2, 0.25) is 0 Å². The van der Waals surface area contributed by atoms with Crippen LogP contribution in [-0.4, -0.2) is 43.5 Å². The lowest BCUT2D eigenvalue weighted by Gasteiger charge is -2.07. The molecule has 0 saturated carbocycles. The fourth-order valence-electron chi connectivity index (χ4n) is 1.67. The molecule has 0 aliphatic rings. The smallest absolute Gasteiger partial charge is 0.273 e. The molecule has 1 aromatic rings. The van der Waals surface area contributed by atoms with E-state index < -0.39 is 4.92 Å². The molecular formula is C13H20N2O5. The number of rotatable bonds is 10. The first-order valence-electron chi connectivity index (χ1n) is 6.39. The van der Waals surface area contributed by atoms with Crippen molar-refractivity contribution in [3.63, 3.8) is 0 Å². The molecule has 2 N–H and O–H groups in total. The maximum atomic E-state index is 10.8. The summed E-state index contributed by atoms with van der Waals surface area (Å²) >= 11 is 0. The minimum Gasteiger partial charge on any atom is -0.496 e. The number of aliphatic hydroxyl groups is 1. The number of hydrogen-bond donors (Lipinski definition) is 2. The molecule has 7 heteroatoms. The molecule has 0 atom stereocenters. The van der Waals surface area contributed by atoms with Gasteiger partial charge in [-0.15, -0.1) is 0 Å². The van der Waals surface area contributed by atoms with E-state index in [9.17, 15) is 10.1 Å². The first-order chi connectivity index (χ1) is 9.67. The van der Waals surface area contributed by atoms with Crippen LogP contribution in [0.15, 0.2) is 18.2 Å². The number of aliphatic hydroxyl groups excluding tert-OH is 1. The van der Waals surface area contributed by atoms with E-state index in [0.717, 1.165) is 18.5 Å². The molecule has 0 aromatic heterocycles. The lowest BCUT2D eigenvalue weighted by Crippen LogP contribution is -2.17. The van der Waals surface area contributed by atoms with Gasteiger partial charge in [0.25, 0.3) is 5.69 Å². The molecule has 0 fully saturated rings. The fourth-order valence-corrected chi connectivity index (χ4v) is 1.67. The number of nitro benzene ring substituents is 1. The van der Waals surface area contributed by atoms with Crippen LogP contribution >= 0.6 is 0 Å². The summed E-state index contributed by atoms with van der Waals surface area (Å²) in [7, 11) is 1.48. The van der Waals surface area contributed by atoms with Crippen molar-refractivity contribution in [3.8, 4) is 5.75 Å². The van der Waals surface area contributed by atoms with Crippen LogP contribution in [0.1, 0.15) is 12.0 Å². The molecule has 0 radical (unpaired) electrons. The van der Waals surface area contributed by atoms with Crippen molar-refractivity contribution >= 4 is 5.69 Å². The number of non-ortho nitro benzene ring substituents is 1. The van der Waals surface area contributed by atoms with Crippen LogP contribution in [0.2, 0.25) is 0 Å². The summed E-state index contributed by atoms with van der Waals surface area (Å²) in [4.78, 5) is 10.4. The second-order valence-corrected chi connectivity index (χ2v) is 4.16. The molecule has 0 spiro atoms. The van der Waals surface area contributed by atoms with Gasteiger partial charge in [-0.1, -0.05) is 0 Å². The molecular weight excluding hydrogens is 264 g/mol. The van der Waals surface area contributed by atoms with E-state index in [-0.39, 0.29) is 12.3 Å². The first kappa shape index (κ1) is 16.4. The molecule has 0 aliphatic carbocycles. The normalized spacial score (nSPS) is 10.5. The summed E-state index contributed by atoms with van der Waals surface area (Å²) < 4.78 is 10.2. The predicted octanol–water partition coefficient (Wildman–Crippen LogP) is 1.09. The third-order valence-corrected chi connectivity index (χ3v) is 2.60. The van der Waals surface area contributed by atoms with Gasteiger partial charge in [-0.2, -0.15) is 0 Å². The first-order valence-corrected chi connectivity index (χ1v) is 6.39. The average molecular weight is 284 g/mol. The van der Waals surface area contributed by atoms with Gasteiger partial charge in [0.15, 0.2) is 0 Å². The maximum Gasteiger partial charge on any atom is 0.273 e. The van der Waals surface area contributed by atoms with Gasteiger partial charge in [-0.05, 0) is 24.6 Å². The molecule has 0 bridgehead atoms. The van der Waals surface area contributed by atoms with Crippen LogP contribution in [0.3, 0.4) is 0 Å². The standard InChI is InChI=1S/C13H20N2O5/c1-19-13-8-11(7-12(9-13)15(17)18)10-14-3-2-5-20-6-4-16/h7-9,14,16H,2-6,10H2,1H3. The Morgan fingerprint density at radius 3 is 2.80 bits per heavy atom. The fraction of sp³-hybridized carbons (Fsp3) is 0.538. The van der Waals surface area contributed by atoms with Crippen molar-refractivity contribution in [2.75, 3.05) is 33.5 Å². The molecule has 0 amide bonds. The van der Waals surface area contributed by atoms with Gasteiger partial charge in [0.05, 0.1) is 31.3 Å². The van der Waals surface area contributed by atoms with Crippen LogP contribution in [-0.2, 0) is 11.3 Å². The molecule has 0 heterocycles. The van der Waals surface area contributed by atoms with Crippen molar-refractivity contribution in [1.29, 1.82) is 0 Å². The predicted molar refractivity (Wildman–Crippen MR) is 73.9 cm³/mol. The zero-order chi connectivity index (χ0) is 14.8. The topological polar surface area (TPSA) is 93.9 Å². The molecule has 0 saturated heterocycles. The van der Waals surface area contributed by atoms with Gasteiger partial charge in [0.1, 0.15) is 5.75 Å². The van der Waals surface area contributed by atoms with Crippen LogP contribution in [0.5, 0.6) is 5.75 Å². The van der Waals surface area contributed by atoms with Crippen molar-refractivity contribution in [2.24, 2.45) is 0 Å². The highest BCUT2D eigenvalue weighted by Crippen LogP contribution is 2.22. The zero-order valence-corrected chi connectivity index (χ0v) is 11.5. The van der Waals surface area contributed by atoms with E-state index >= 15 is 0 Å². The molecule has 7 nitrogen and oxygen atoms in total. The van der Waals surface area contributed by atoms with Crippen molar-refractivity contribution in [2.45, 2.75) is 13.0 Å². The monoisotopic (exact) mass is 284 g/mol. The number of nitrogens with one attached hydrogen (secondary N) is 1. The molecule has 1 rings (SSSR count). The summed E-state index contributed by atoms with van der Waals surface area (Å²) in [5, 5.41) is 22.5. The summed E-state index contributed by atoms with van der Waals surface area (Å²) in [5.41, 5.74) is 0.819. The summed E-state index contributed by atoms with van der Waals surface area (Å²) in [5.74, 6) is 0.474. The lowest BCUT2D eigenvalue weighted by atomic mass is 10.2. The van der Waals surface area contributed by atoms with E-state index in [4.69, 9.17) is 14.6 Å².